The summed E-state index contributed by atoms with van der Waals surface area (Å²) in [7, 11) is 0. The number of thioether (sulfide) groups is 1. The molecular weight excluding hydrogens is 186 g/mol. The first-order chi connectivity index (χ1) is 5.93. The third-order valence-electron chi connectivity index (χ3n) is 2.14. The van der Waals surface area contributed by atoms with Crippen molar-refractivity contribution in [2.75, 3.05) is 5.75 Å². The summed E-state index contributed by atoms with van der Waals surface area (Å²) in [6, 6.07) is -0.367. The van der Waals surface area contributed by atoms with Gasteiger partial charge in [-0.1, -0.05) is 13.8 Å². The second kappa shape index (κ2) is 3.88. The Labute approximate surface area is 83.3 Å². The Balaban J connectivity index is 2.51. The molecule has 1 rings (SSSR count). The van der Waals surface area contributed by atoms with Gasteiger partial charge in [0.05, 0.1) is 4.87 Å². The molecule has 13 heavy (non-hydrogen) atoms. The monoisotopic (exact) mass is 203 g/mol. The largest absolute Gasteiger partial charge is 0.480 e. The van der Waals surface area contributed by atoms with Crippen molar-refractivity contribution in [2.24, 2.45) is 5.92 Å². The summed E-state index contributed by atoms with van der Waals surface area (Å²) in [5.74, 6) is 0.538. The van der Waals surface area contributed by atoms with Crippen LogP contribution in [0.3, 0.4) is 0 Å². The molecule has 2 N–H and O–H groups in total. The van der Waals surface area contributed by atoms with Gasteiger partial charge in [0.25, 0.3) is 0 Å². The molecule has 0 amide bonds. The van der Waals surface area contributed by atoms with E-state index in [1.54, 1.807) is 11.8 Å². The van der Waals surface area contributed by atoms with Gasteiger partial charge in [-0.3, -0.25) is 10.1 Å². The zero-order chi connectivity index (χ0) is 10.1. The predicted molar refractivity (Wildman–Crippen MR) is 54.9 cm³/mol. The SMILES string of the molecule is CC(C)C[C@@]1(C)N[C@H](C(=O)O)CS1. The van der Waals surface area contributed by atoms with Gasteiger partial charge < -0.3 is 5.11 Å². The van der Waals surface area contributed by atoms with E-state index in [-0.39, 0.29) is 10.9 Å². The smallest absolute Gasteiger partial charge is 0.321 e. The van der Waals surface area contributed by atoms with Crippen LogP contribution in [0.1, 0.15) is 27.2 Å². The third-order valence-corrected chi connectivity index (χ3v) is 3.57. The Hall–Kier alpha value is -0.220. The topological polar surface area (TPSA) is 49.3 Å². The summed E-state index contributed by atoms with van der Waals surface area (Å²) in [6.07, 6.45) is 1.02. The normalized spacial score (nSPS) is 34.0. The highest BCUT2D eigenvalue weighted by Crippen LogP contribution is 2.35. The maximum atomic E-state index is 10.7. The molecule has 1 fully saturated rings. The first kappa shape index (κ1) is 10.9. The number of nitrogens with one attached hydrogen (secondary N) is 1. The van der Waals surface area contributed by atoms with Crippen LogP contribution in [0, 0.1) is 5.92 Å². The van der Waals surface area contributed by atoms with E-state index in [9.17, 15) is 4.79 Å². The van der Waals surface area contributed by atoms with Crippen LogP contribution in [0.5, 0.6) is 0 Å². The molecule has 0 aromatic carbocycles. The second-order valence-corrected chi connectivity index (χ2v) is 5.70. The molecular formula is C9H17NO2S. The Morgan fingerprint density at radius 1 is 1.77 bits per heavy atom. The maximum Gasteiger partial charge on any atom is 0.321 e. The van der Waals surface area contributed by atoms with Gasteiger partial charge in [-0.2, -0.15) is 0 Å². The van der Waals surface area contributed by atoms with Crippen LogP contribution in [-0.4, -0.2) is 27.7 Å². The minimum absolute atomic E-state index is 0.0444. The van der Waals surface area contributed by atoms with Crippen molar-refractivity contribution in [3.8, 4) is 0 Å². The number of rotatable bonds is 3. The number of aliphatic carboxylic acids is 1. The van der Waals surface area contributed by atoms with Gasteiger partial charge in [0.1, 0.15) is 6.04 Å². The fourth-order valence-electron chi connectivity index (χ4n) is 1.75. The molecule has 0 unspecified atom stereocenters. The molecule has 0 bridgehead atoms. The predicted octanol–water partition coefficient (Wildman–Crippen LogP) is 1.54. The summed E-state index contributed by atoms with van der Waals surface area (Å²) in [4.78, 5) is 10.7. The fraction of sp³-hybridized carbons (Fsp3) is 0.889. The minimum Gasteiger partial charge on any atom is -0.480 e. The second-order valence-electron chi connectivity index (χ2n) is 4.17. The Kier molecular flexibility index (Phi) is 3.24. The first-order valence-electron chi connectivity index (χ1n) is 4.57. The van der Waals surface area contributed by atoms with Crippen LogP contribution >= 0.6 is 11.8 Å². The lowest BCUT2D eigenvalue weighted by Crippen LogP contribution is -2.43. The van der Waals surface area contributed by atoms with Crippen LogP contribution in [0.2, 0.25) is 0 Å². The van der Waals surface area contributed by atoms with Crippen LogP contribution < -0.4 is 5.32 Å². The zero-order valence-corrected chi connectivity index (χ0v) is 9.15. The lowest BCUT2D eigenvalue weighted by molar-refractivity contribution is -0.138. The summed E-state index contributed by atoms with van der Waals surface area (Å²) >= 11 is 1.72. The molecule has 1 aliphatic rings. The van der Waals surface area contributed by atoms with Gasteiger partial charge in [0.15, 0.2) is 0 Å². The van der Waals surface area contributed by atoms with E-state index < -0.39 is 5.97 Å². The van der Waals surface area contributed by atoms with E-state index in [1.807, 2.05) is 0 Å². The summed E-state index contributed by atoms with van der Waals surface area (Å²) in [5.41, 5.74) is 0. The van der Waals surface area contributed by atoms with Crippen molar-refractivity contribution in [3.63, 3.8) is 0 Å². The highest BCUT2D eigenvalue weighted by molar-refractivity contribution is 8.00. The molecule has 0 saturated carbocycles. The van der Waals surface area contributed by atoms with Gasteiger partial charge in [-0.25, -0.2) is 0 Å². The number of hydrogen-bond acceptors (Lipinski definition) is 3. The summed E-state index contributed by atoms with van der Waals surface area (Å²) in [5, 5.41) is 12.0. The molecule has 0 aromatic rings. The molecule has 0 aliphatic carbocycles. The molecule has 0 radical (unpaired) electrons. The fourth-order valence-corrected chi connectivity index (χ4v) is 3.19. The van der Waals surface area contributed by atoms with E-state index in [1.165, 1.54) is 0 Å². The number of carbonyl (C=O) groups is 1. The number of hydrogen-bond donors (Lipinski definition) is 2. The minimum atomic E-state index is -0.736. The number of carboxylic acid groups (broad SMARTS) is 1. The van der Waals surface area contributed by atoms with Crippen LogP contribution in [0.15, 0.2) is 0 Å². The summed E-state index contributed by atoms with van der Waals surface area (Å²) in [6.45, 7) is 6.39. The number of carboxylic acids is 1. The van der Waals surface area contributed by atoms with Crippen LogP contribution in [-0.2, 0) is 4.79 Å². The molecule has 2 atom stereocenters. The Bertz CT molecular complexity index is 208. The molecule has 0 aromatic heterocycles. The molecule has 1 heterocycles. The Morgan fingerprint density at radius 3 is 2.77 bits per heavy atom. The van der Waals surface area contributed by atoms with Crippen molar-refractivity contribution < 1.29 is 9.90 Å². The highest BCUT2D eigenvalue weighted by Gasteiger charge is 2.38. The standard InChI is InChI=1S/C9H17NO2S/c1-6(2)4-9(3)10-7(5-13-9)8(11)12/h6-7,10H,4-5H2,1-3H3,(H,11,12)/t7-,9-/m0/s1. The van der Waals surface area contributed by atoms with E-state index in [0.29, 0.717) is 11.7 Å². The average molecular weight is 203 g/mol. The Morgan fingerprint density at radius 2 is 2.38 bits per heavy atom. The van der Waals surface area contributed by atoms with Gasteiger partial charge in [-0.15, -0.1) is 11.8 Å². The van der Waals surface area contributed by atoms with Crippen molar-refractivity contribution in [1.82, 2.24) is 5.32 Å². The third kappa shape index (κ3) is 2.88. The lowest BCUT2D eigenvalue weighted by atomic mass is 10.0. The van der Waals surface area contributed by atoms with E-state index >= 15 is 0 Å². The van der Waals surface area contributed by atoms with E-state index in [0.717, 1.165) is 6.42 Å². The van der Waals surface area contributed by atoms with Crippen molar-refractivity contribution in [3.05, 3.63) is 0 Å². The molecule has 1 saturated heterocycles. The van der Waals surface area contributed by atoms with Gasteiger partial charge in [0.2, 0.25) is 0 Å². The van der Waals surface area contributed by atoms with Gasteiger partial charge in [0, 0.05) is 5.75 Å². The highest BCUT2D eigenvalue weighted by atomic mass is 32.2. The molecule has 76 valence electrons. The van der Waals surface area contributed by atoms with Crippen LogP contribution in [0.25, 0.3) is 0 Å². The average Bonchev–Trinajstić information content (AvgIpc) is 2.29. The van der Waals surface area contributed by atoms with Crippen molar-refractivity contribution in [2.45, 2.75) is 38.1 Å². The van der Waals surface area contributed by atoms with Crippen LogP contribution in [0.4, 0.5) is 0 Å². The van der Waals surface area contributed by atoms with Gasteiger partial charge >= 0.3 is 5.97 Å². The quantitative estimate of drug-likeness (QED) is 0.730. The molecule has 0 spiro atoms. The summed E-state index contributed by atoms with van der Waals surface area (Å²) < 4.78 is 0. The lowest BCUT2D eigenvalue weighted by Gasteiger charge is -2.26. The molecule has 1 aliphatic heterocycles. The van der Waals surface area contributed by atoms with E-state index in [4.69, 9.17) is 5.11 Å². The first-order valence-corrected chi connectivity index (χ1v) is 5.56. The molecule has 4 heteroatoms. The van der Waals surface area contributed by atoms with E-state index in [2.05, 4.69) is 26.1 Å². The molecule has 3 nitrogen and oxygen atoms in total. The van der Waals surface area contributed by atoms with Crippen molar-refractivity contribution >= 4 is 17.7 Å². The maximum absolute atomic E-state index is 10.7. The van der Waals surface area contributed by atoms with Gasteiger partial charge in [-0.05, 0) is 19.3 Å². The zero-order valence-electron chi connectivity index (χ0n) is 8.33. The van der Waals surface area contributed by atoms with Crippen molar-refractivity contribution in [1.29, 1.82) is 0 Å².